The zero-order valence-electron chi connectivity index (χ0n) is 11.7. The van der Waals surface area contributed by atoms with Crippen molar-refractivity contribution in [2.75, 3.05) is 18.0 Å². The predicted octanol–water partition coefficient (Wildman–Crippen LogP) is 2.87. The minimum absolute atomic E-state index is 0.00846. The molecule has 1 aromatic rings. The number of benzene rings is 1. The van der Waals surface area contributed by atoms with E-state index in [9.17, 15) is 13.2 Å². The van der Waals surface area contributed by atoms with Crippen LogP contribution in [-0.2, 0) is 0 Å². The van der Waals surface area contributed by atoms with Gasteiger partial charge in [-0.1, -0.05) is 5.16 Å². The lowest BCUT2D eigenvalue weighted by molar-refractivity contribution is -0.175. The van der Waals surface area contributed by atoms with Crippen LogP contribution < -0.4 is 10.6 Å². The molecule has 1 aliphatic heterocycles. The lowest BCUT2D eigenvalue weighted by Crippen LogP contribution is -2.41. The largest absolute Gasteiger partial charge is 0.409 e. The summed E-state index contributed by atoms with van der Waals surface area (Å²) in [5.74, 6) is -1.29. The predicted molar refractivity (Wildman–Crippen MR) is 74.7 cm³/mol. The molecule has 1 aromatic carbocycles. The first-order chi connectivity index (χ1) is 9.82. The molecule has 7 heteroatoms. The number of amidine groups is 1. The zero-order chi connectivity index (χ0) is 15.6. The Bertz CT molecular complexity index is 543. The highest BCUT2D eigenvalue weighted by molar-refractivity contribution is 5.98. The molecule has 2 rings (SSSR count). The second-order valence-electron chi connectivity index (χ2n) is 5.31. The van der Waals surface area contributed by atoms with E-state index in [1.165, 1.54) is 0 Å². The molecule has 0 amide bonds. The van der Waals surface area contributed by atoms with E-state index in [0.29, 0.717) is 18.5 Å². The van der Waals surface area contributed by atoms with Crippen molar-refractivity contribution >= 4 is 11.5 Å². The third kappa shape index (κ3) is 3.40. The van der Waals surface area contributed by atoms with Gasteiger partial charge < -0.3 is 15.8 Å². The molecule has 1 fully saturated rings. The third-order valence-electron chi connectivity index (χ3n) is 3.84. The summed E-state index contributed by atoms with van der Waals surface area (Å²) < 4.78 is 38.5. The van der Waals surface area contributed by atoms with E-state index in [-0.39, 0.29) is 18.8 Å². The summed E-state index contributed by atoms with van der Waals surface area (Å²) in [5.41, 5.74) is 7.61. The first-order valence-corrected chi connectivity index (χ1v) is 6.73. The summed E-state index contributed by atoms with van der Waals surface area (Å²) in [5, 5.41) is 11.6. The van der Waals surface area contributed by atoms with Gasteiger partial charge in [0.1, 0.15) is 0 Å². The summed E-state index contributed by atoms with van der Waals surface area (Å²) in [6.07, 6.45) is -3.45. The van der Waals surface area contributed by atoms with E-state index in [1.54, 1.807) is 30.0 Å². The Labute approximate surface area is 121 Å². The number of rotatable bonds is 2. The van der Waals surface area contributed by atoms with Crippen LogP contribution in [0.15, 0.2) is 23.4 Å². The molecular formula is C14H18F3N3O. The van der Waals surface area contributed by atoms with Gasteiger partial charge in [-0.2, -0.15) is 13.2 Å². The summed E-state index contributed by atoms with van der Waals surface area (Å²) in [7, 11) is 0. The van der Waals surface area contributed by atoms with E-state index >= 15 is 0 Å². The van der Waals surface area contributed by atoms with Crippen LogP contribution in [0.2, 0.25) is 0 Å². The molecule has 1 unspecified atom stereocenters. The van der Waals surface area contributed by atoms with E-state index in [1.807, 2.05) is 0 Å². The van der Waals surface area contributed by atoms with Gasteiger partial charge in [-0.05, 0) is 43.5 Å². The van der Waals surface area contributed by atoms with Crippen molar-refractivity contribution in [2.45, 2.75) is 25.9 Å². The highest BCUT2D eigenvalue weighted by atomic mass is 19.4. The summed E-state index contributed by atoms with van der Waals surface area (Å²) in [4.78, 5) is 1.74. The fourth-order valence-electron chi connectivity index (χ4n) is 2.66. The molecule has 4 nitrogen and oxygen atoms in total. The van der Waals surface area contributed by atoms with Crippen molar-refractivity contribution in [1.29, 1.82) is 0 Å². The molecule has 1 aliphatic rings. The van der Waals surface area contributed by atoms with Crippen molar-refractivity contribution in [3.63, 3.8) is 0 Å². The van der Waals surface area contributed by atoms with Gasteiger partial charge in [-0.25, -0.2) is 0 Å². The van der Waals surface area contributed by atoms with E-state index in [0.717, 1.165) is 11.3 Å². The number of hydrogen-bond donors (Lipinski definition) is 2. The minimum Gasteiger partial charge on any atom is -0.409 e. The molecule has 116 valence electrons. The van der Waals surface area contributed by atoms with Crippen molar-refractivity contribution < 1.29 is 18.4 Å². The Morgan fingerprint density at radius 2 is 2.14 bits per heavy atom. The molecule has 1 atom stereocenters. The number of alkyl halides is 3. The van der Waals surface area contributed by atoms with Crippen LogP contribution >= 0.6 is 0 Å². The van der Waals surface area contributed by atoms with Gasteiger partial charge in [0.15, 0.2) is 5.84 Å². The van der Waals surface area contributed by atoms with Crippen LogP contribution in [0.25, 0.3) is 0 Å². The first kappa shape index (κ1) is 15.5. The molecule has 0 spiro atoms. The number of nitrogens with zero attached hydrogens (tertiary/aromatic N) is 2. The number of aryl methyl sites for hydroxylation is 1. The van der Waals surface area contributed by atoms with E-state index < -0.39 is 12.1 Å². The lowest BCUT2D eigenvalue weighted by Gasteiger charge is -2.35. The summed E-state index contributed by atoms with van der Waals surface area (Å²) >= 11 is 0. The number of hydrogen-bond acceptors (Lipinski definition) is 3. The van der Waals surface area contributed by atoms with Gasteiger partial charge in [-0.3, -0.25) is 0 Å². The van der Waals surface area contributed by atoms with Crippen molar-refractivity contribution in [3.8, 4) is 0 Å². The zero-order valence-corrected chi connectivity index (χ0v) is 11.7. The first-order valence-electron chi connectivity index (χ1n) is 6.73. The monoisotopic (exact) mass is 301 g/mol. The normalized spacial score (nSPS) is 20.7. The number of anilines is 1. The number of nitrogens with two attached hydrogens (primary N) is 1. The number of oxime groups is 1. The average Bonchev–Trinajstić information content (AvgIpc) is 2.45. The lowest BCUT2D eigenvalue weighted by atomic mass is 9.96. The van der Waals surface area contributed by atoms with Gasteiger partial charge in [0, 0.05) is 24.3 Å². The molecule has 0 saturated carbocycles. The average molecular weight is 301 g/mol. The van der Waals surface area contributed by atoms with Crippen LogP contribution in [0.3, 0.4) is 0 Å². The summed E-state index contributed by atoms with van der Waals surface area (Å²) in [6, 6.07) is 5.14. The Balaban J connectivity index is 2.21. The van der Waals surface area contributed by atoms with Crippen molar-refractivity contribution in [3.05, 3.63) is 29.3 Å². The van der Waals surface area contributed by atoms with Crippen molar-refractivity contribution in [1.82, 2.24) is 0 Å². The molecule has 3 N–H and O–H groups in total. The maximum absolute atomic E-state index is 12.8. The van der Waals surface area contributed by atoms with Crippen LogP contribution in [0.5, 0.6) is 0 Å². The molecule has 21 heavy (non-hydrogen) atoms. The molecule has 0 aliphatic carbocycles. The highest BCUT2D eigenvalue weighted by Crippen LogP contribution is 2.35. The topological polar surface area (TPSA) is 61.8 Å². The second-order valence-corrected chi connectivity index (χ2v) is 5.31. The van der Waals surface area contributed by atoms with Gasteiger partial charge in [-0.15, -0.1) is 0 Å². The van der Waals surface area contributed by atoms with Gasteiger partial charge in [0.2, 0.25) is 0 Å². The van der Waals surface area contributed by atoms with Crippen LogP contribution in [0.1, 0.15) is 24.0 Å². The highest BCUT2D eigenvalue weighted by Gasteiger charge is 2.41. The SMILES string of the molecule is Cc1cc(N2CCCC(C(F)(F)F)C2)ccc1/C(N)=N/O. The Morgan fingerprint density at radius 3 is 2.71 bits per heavy atom. The Kier molecular flexibility index (Phi) is 4.29. The minimum atomic E-state index is -4.15. The fraction of sp³-hybridized carbons (Fsp3) is 0.500. The summed E-state index contributed by atoms with van der Waals surface area (Å²) in [6.45, 7) is 2.36. The maximum Gasteiger partial charge on any atom is 0.393 e. The Morgan fingerprint density at radius 1 is 1.43 bits per heavy atom. The molecule has 0 aromatic heterocycles. The van der Waals surface area contributed by atoms with E-state index in [2.05, 4.69) is 5.16 Å². The molecular weight excluding hydrogens is 283 g/mol. The molecule has 0 radical (unpaired) electrons. The molecule has 1 heterocycles. The molecule has 0 bridgehead atoms. The molecule has 1 saturated heterocycles. The van der Waals surface area contributed by atoms with Crippen LogP contribution in [0.4, 0.5) is 18.9 Å². The maximum atomic E-state index is 12.8. The van der Waals surface area contributed by atoms with Gasteiger partial charge in [0.05, 0.1) is 5.92 Å². The third-order valence-corrected chi connectivity index (χ3v) is 3.84. The van der Waals surface area contributed by atoms with Crippen molar-refractivity contribution in [2.24, 2.45) is 16.8 Å². The Hall–Kier alpha value is -1.92. The fourth-order valence-corrected chi connectivity index (χ4v) is 2.66. The van der Waals surface area contributed by atoms with Gasteiger partial charge in [0.25, 0.3) is 0 Å². The van der Waals surface area contributed by atoms with E-state index in [4.69, 9.17) is 10.9 Å². The quantitative estimate of drug-likeness (QED) is 0.382. The smallest absolute Gasteiger partial charge is 0.393 e. The standard InChI is InChI=1S/C14H18F3N3O/c1-9-7-11(4-5-12(9)13(18)19-21)20-6-2-3-10(8-20)14(15,16)17/h4-5,7,10,21H,2-3,6,8H2,1H3,(H2,18,19). The van der Waals surface area contributed by atoms with Gasteiger partial charge >= 0.3 is 6.18 Å². The number of halogens is 3. The van der Waals surface area contributed by atoms with Crippen LogP contribution in [-0.4, -0.2) is 30.3 Å². The second kappa shape index (κ2) is 5.83. The van der Waals surface area contributed by atoms with Crippen LogP contribution in [0, 0.1) is 12.8 Å². The number of piperidine rings is 1.